The first-order valence-corrected chi connectivity index (χ1v) is 8.56. The fourth-order valence-electron chi connectivity index (χ4n) is 2.87. The first kappa shape index (κ1) is 18.9. The Morgan fingerprint density at radius 1 is 1.00 bits per heavy atom. The molecule has 1 aliphatic carbocycles. The zero-order valence-electron chi connectivity index (χ0n) is 14.6. The molecule has 1 fully saturated rings. The maximum Gasteiger partial charge on any atom is 0.416 e. The fraction of sp³-hybridized carbons (Fsp3) is 0.300. The van der Waals surface area contributed by atoms with Crippen molar-refractivity contribution in [3.8, 4) is 0 Å². The third-order valence-corrected chi connectivity index (χ3v) is 4.66. The maximum absolute atomic E-state index is 12.5. The number of aryl methyl sites for hydroxylation is 1. The SMILES string of the molecule is Cc1ccccc1CNC(=O)C1CC1C(=O)Nc1ccc(C(F)(F)F)cc1. The first-order valence-electron chi connectivity index (χ1n) is 8.56. The predicted molar refractivity (Wildman–Crippen MR) is 94.7 cm³/mol. The Balaban J connectivity index is 1.50. The lowest BCUT2D eigenvalue weighted by Gasteiger charge is -2.09. The Labute approximate surface area is 154 Å². The van der Waals surface area contributed by atoms with Crippen molar-refractivity contribution in [1.29, 1.82) is 0 Å². The zero-order valence-corrected chi connectivity index (χ0v) is 14.6. The lowest BCUT2D eigenvalue weighted by atomic mass is 10.1. The van der Waals surface area contributed by atoms with Crippen molar-refractivity contribution in [1.82, 2.24) is 5.32 Å². The molecule has 2 aromatic rings. The van der Waals surface area contributed by atoms with Gasteiger partial charge in [0.05, 0.1) is 17.4 Å². The summed E-state index contributed by atoms with van der Waals surface area (Å²) < 4.78 is 37.6. The summed E-state index contributed by atoms with van der Waals surface area (Å²) in [7, 11) is 0. The smallest absolute Gasteiger partial charge is 0.352 e. The van der Waals surface area contributed by atoms with Gasteiger partial charge in [-0.3, -0.25) is 9.59 Å². The Hall–Kier alpha value is -2.83. The molecule has 4 nitrogen and oxygen atoms in total. The van der Waals surface area contributed by atoms with Crippen molar-refractivity contribution in [3.63, 3.8) is 0 Å². The van der Waals surface area contributed by atoms with Crippen LogP contribution in [0.1, 0.15) is 23.1 Å². The zero-order chi connectivity index (χ0) is 19.6. The van der Waals surface area contributed by atoms with E-state index in [9.17, 15) is 22.8 Å². The van der Waals surface area contributed by atoms with Gasteiger partial charge in [-0.25, -0.2) is 0 Å². The summed E-state index contributed by atoms with van der Waals surface area (Å²) in [5, 5.41) is 5.39. The molecule has 0 aliphatic heterocycles. The normalized spacial score (nSPS) is 18.7. The van der Waals surface area contributed by atoms with Crippen LogP contribution in [-0.4, -0.2) is 11.8 Å². The highest BCUT2D eigenvalue weighted by Crippen LogP contribution is 2.39. The summed E-state index contributed by atoms with van der Waals surface area (Å²) >= 11 is 0. The Morgan fingerprint density at radius 3 is 2.26 bits per heavy atom. The number of halogens is 3. The van der Waals surface area contributed by atoms with E-state index in [4.69, 9.17) is 0 Å². The molecule has 0 radical (unpaired) electrons. The van der Waals surface area contributed by atoms with Gasteiger partial charge in [0.25, 0.3) is 0 Å². The van der Waals surface area contributed by atoms with Gasteiger partial charge >= 0.3 is 6.18 Å². The van der Waals surface area contributed by atoms with Gasteiger partial charge < -0.3 is 10.6 Å². The fourth-order valence-corrected chi connectivity index (χ4v) is 2.87. The molecular weight excluding hydrogens is 357 g/mol. The first-order chi connectivity index (χ1) is 12.8. The summed E-state index contributed by atoms with van der Waals surface area (Å²) in [5.41, 5.74) is 1.58. The van der Waals surface area contributed by atoms with Crippen LogP contribution in [-0.2, 0) is 22.3 Å². The van der Waals surface area contributed by atoms with Crippen LogP contribution in [0.4, 0.5) is 18.9 Å². The molecule has 2 unspecified atom stereocenters. The van der Waals surface area contributed by atoms with Gasteiger partial charge in [0.1, 0.15) is 0 Å². The largest absolute Gasteiger partial charge is 0.416 e. The summed E-state index contributed by atoms with van der Waals surface area (Å²) in [6, 6.07) is 11.9. The lowest BCUT2D eigenvalue weighted by Crippen LogP contribution is -2.27. The number of hydrogen-bond donors (Lipinski definition) is 2. The molecule has 0 aromatic heterocycles. The number of alkyl halides is 3. The lowest BCUT2D eigenvalue weighted by molar-refractivity contribution is -0.137. The molecule has 2 amide bonds. The van der Waals surface area contributed by atoms with Gasteiger partial charge in [-0.1, -0.05) is 24.3 Å². The Kier molecular flexibility index (Phi) is 5.21. The number of rotatable bonds is 5. The highest BCUT2D eigenvalue weighted by Gasteiger charge is 2.48. The summed E-state index contributed by atoms with van der Waals surface area (Å²) in [4.78, 5) is 24.4. The molecule has 3 rings (SSSR count). The van der Waals surface area contributed by atoms with Crippen molar-refractivity contribution in [2.24, 2.45) is 11.8 Å². The van der Waals surface area contributed by atoms with Crippen LogP contribution >= 0.6 is 0 Å². The maximum atomic E-state index is 12.5. The number of benzene rings is 2. The molecule has 0 spiro atoms. The molecule has 27 heavy (non-hydrogen) atoms. The van der Waals surface area contributed by atoms with Gasteiger partial charge in [0, 0.05) is 12.2 Å². The van der Waals surface area contributed by atoms with Crippen molar-refractivity contribution in [2.45, 2.75) is 26.1 Å². The van der Waals surface area contributed by atoms with Crippen LogP contribution in [0.3, 0.4) is 0 Å². The van der Waals surface area contributed by atoms with Crippen LogP contribution in [0.15, 0.2) is 48.5 Å². The summed E-state index contributed by atoms with van der Waals surface area (Å²) in [6.45, 7) is 2.36. The average Bonchev–Trinajstić information content (AvgIpc) is 3.41. The second-order valence-corrected chi connectivity index (χ2v) is 6.66. The van der Waals surface area contributed by atoms with E-state index in [2.05, 4.69) is 10.6 Å². The minimum atomic E-state index is -4.42. The number of nitrogens with one attached hydrogen (secondary N) is 2. The van der Waals surface area contributed by atoms with E-state index < -0.39 is 23.6 Å². The summed E-state index contributed by atoms with van der Waals surface area (Å²) in [5.74, 6) is -1.40. The topological polar surface area (TPSA) is 58.2 Å². The summed E-state index contributed by atoms with van der Waals surface area (Å²) in [6.07, 6.45) is -3.98. The number of anilines is 1. The molecule has 7 heteroatoms. The number of amides is 2. The molecule has 1 saturated carbocycles. The van der Waals surface area contributed by atoms with Gasteiger partial charge in [-0.05, 0) is 48.7 Å². The molecule has 2 atom stereocenters. The van der Waals surface area contributed by atoms with Crippen LogP contribution in [0.5, 0.6) is 0 Å². The van der Waals surface area contributed by atoms with E-state index in [0.29, 0.717) is 13.0 Å². The molecule has 2 aromatic carbocycles. The van der Waals surface area contributed by atoms with Crippen molar-refractivity contribution < 1.29 is 22.8 Å². The molecule has 0 heterocycles. The highest BCUT2D eigenvalue weighted by atomic mass is 19.4. The molecule has 2 N–H and O–H groups in total. The minimum absolute atomic E-state index is 0.189. The Bertz CT molecular complexity index is 847. The predicted octanol–water partition coefficient (Wildman–Crippen LogP) is 3.90. The molecule has 1 aliphatic rings. The third kappa shape index (κ3) is 4.67. The van der Waals surface area contributed by atoms with Gasteiger partial charge in [-0.2, -0.15) is 13.2 Å². The van der Waals surface area contributed by atoms with Gasteiger partial charge in [0.15, 0.2) is 0 Å². The second kappa shape index (κ2) is 7.42. The van der Waals surface area contributed by atoms with Crippen LogP contribution in [0.25, 0.3) is 0 Å². The van der Waals surface area contributed by atoms with Crippen LogP contribution in [0, 0.1) is 18.8 Å². The van der Waals surface area contributed by atoms with Gasteiger partial charge in [-0.15, -0.1) is 0 Å². The van der Waals surface area contributed by atoms with E-state index >= 15 is 0 Å². The number of hydrogen-bond acceptors (Lipinski definition) is 2. The molecule has 142 valence electrons. The highest BCUT2D eigenvalue weighted by molar-refractivity contribution is 5.99. The molecular formula is C20H19F3N2O2. The van der Waals surface area contributed by atoms with E-state index in [0.717, 1.165) is 23.3 Å². The monoisotopic (exact) mass is 376 g/mol. The average molecular weight is 376 g/mol. The Morgan fingerprint density at radius 2 is 1.63 bits per heavy atom. The van der Waals surface area contributed by atoms with E-state index in [1.54, 1.807) is 0 Å². The van der Waals surface area contributed by atoms with E-state index in [1.165, 1.54) is 12.1 Å². The number of carbonyl (C=O) groups is 2. The van der Waals surface area contributed by atoms with Crippen molar-refractivity contribution in [3.05, 3.63) is 65.2 Å². The van der Waals surface area contributed by atoms with Crippen LogP contribution < -0.4 is 10.6 Å². The van der Waals surface area contributed by atoms with E-state index in [-0.39, 0.29) is 17.5 Å². The van der Waals surface area contributed by atoms with E-state index in [1.807, 2.05) is 31.2 Å². The third-order valence-electron chi connectivity index (χ3n) is 4.66. The molecule has 0 saturated heterocycles. The second-order valence-electron chi connectivity index (χ2n) is 6.66. The van der Waals surface area contributed by atoms with Gasteiger partial charge in [0.2, 0.25) is 11.8 Å². The van der Waals surface area contributed by atoms with Crippen molar-refractivity contribution in [2.75, 3.05) is 5.32 Å². The minimum Gasteiger partial charge on any atom is -0.352 e. The molecule has 0 bridgehead atoms. The standard InChI is InChI=1S/C20H19F3N2O2/c1-12-4-2-3-5-13(12)11-24-18(26)16-10-17(16)19(27)25-15-8-6-14(7-9-15)20(21,22)23/h2-9,16-17H,10-11H2,1H3,(H,24,26)(H,25,27). The van der Waals surface area contributed by atoms with Crippen molar-refractivity contribution >= 4 is 17.5 Å². The van der Waals surface area contributed by atoms with Crippen LogP contribution in [0.2, 0.25) is 0 Å². The number of carbonyl (C=O) groups excluding carboxylic acids is 2. The quantitative estimate of drug-likeness (QED) is 0.831.